The van der Waals surface area contributed by atoms with Crippen LogP contribution in [0, 0.1) is 0 Å². The van der Waals surface area contributed by atoms with Crippen LogP contribution in [0.15, 0.2) is 16.6 Å². The molecule has 0 aromatic heterocycles. The number of rotatable bonds is 8. The summed E-state index contributed by atoms with van der Waals surface area (Å²) < 4.78 is 51.8. The van der Waals surface area contributed by atoms with Gasteiger partial charge in [0.2, 0.25) is 0 Å². The average Bonchev–Trinajstić information content (AvgIpc) is 2.55. The molecule has 0 spiro atoms. The Labute approximate surface area is 206 Å². The smallest absolute Gasteiger partial charge is 0.714 e. The summed E-state index contributed by atoms with van der Waals surface area (Å²) in [5.74, 6) is 0. The third kappa shape index (κ3) is 10.6. The maximum absolute atomic E-state index is 11.0. The number of aliphatic hydroxyl groups is 4. The molecule has 0 saturated carbocycles. The van der Waals surface area contributed by atoms with Crippen LogP contribution in [-0.4, -0.2) is 85.4 Å². The van der Waals surface area contributed by atoms with Gasteiger partial charge in [-0.05, 0) is 11.8 Å². The number of oxime groups is 1. The van der Waals surface area contributed by atoms with Gasteiger partial charge in [-0.15, -0.1) is 0 Å². The molecule has 1 saturated heterocycles. The Hall–Kier alpha value is 1.06. The standard InChI is InChI=1S/C12H21NO10S3.K/c1-25(18)5-3-2-4-8(13-23-26(19,20)21)24-12-11(17)10(16)9(15)7(6-14)22-12;/h3,5,7,9-12,14-17H,2,4,6H2,1H3,(H,19,20,21);/q;+1/p-1/b5-3+,13-8-;. The van der Waals surface area contributed by atoms with Gasteiger partial charge in [0.1, 0.15) is 34.9 Å². The van der Waals surface area contributed by atoms with Crippen molar-refractivity contribution in [3.05, 3.63) is 11.5 Å². The molecular formula is C12H20KNO10S3. The number of ether oxygens (including phenoxy) is 1. The van der Waals surface area contributed by atoms with Gasteiger partial charge in [-0.3, -0.25) is 8.49 Å². The summed E-state index contributed by atoms with van der Waals surface area (Å²) in [6.07, 6.45) is -2.62. The van der Waals surface area contributed by atoms with Crippen LogP contribution >= 0.6 is 11.8 Å². The van der Waals surface area contributed by atoms with Crippen LogP contribution < -0.4 is 51.4 Å². The summed E-state index contributed by atoms with van der Waals surface area (Å²) in [6.45, 7) is -0.634. The molecule has 152 valence electrons. The number of hydrogen-bond acceptors (Lipinski definition) is 12. The SMILES string of the molecule is CS(=O)/C=C/CC/C(=N/OS(=O)(=O)[O-])SC1OC(CO)C(O)C(O)C1O.[K+]. The number of hydrogen-bond donors (Lipinski definition) is 4. The first-order valence-electron chi connectivity index (χ1n) is 7.22. The van der Waals surface area contributed by atoms with E-state index in [-0.39, 0.29) is 69.3 Å². The Morgan fingerprint density at radius 1 is 1.33 bits per heavy atom. The van der Waals surface area contributed by atoms with E-state index in [1.807, 2.05) is 0 Å². The van der Waals surface area contributed by atoms with Crippen molar-refractivity contribution in [2.75, 3.05) is 12.9 Å². The van der Waals surface area contributed by atoms with Crippen LogP contribution in [0.1, 0.15) is 12.8 Å². The van der Waals surface area contributed by atoms with E-state index in [0.29, 0.717) is 11.8 Å². The van der Waals surface area contributed by atoms with Gasteiger partial charge in [0, 0.05) is 23.5 Å². The molecule has 27 heavy (non-hydrogen) atoms. The van der Waals surface area contributed by atoms with Crippen molar-refractivity contribution in [2.45, 2.75) is 42.7 Å². The third-order valence-corrected chi connectivity index (χ3v) is 5.15. The zero-order valence-corrected chi connectivity index (χ0v) is 20.1. The minimum Gasteiger partial charge on any atom is -0.714 e. The van der Waals surface area contributed by atoms with E-state index in [1.54, 1.807) is 0 Å². The van der Waals surface area contributed by atoms with Crippen molar-refractivity contribution in [3.63, 3.8) is 0 Å². The van der Waals surface area contributed by atoms with E-state index >= 15 is 0 Å². The zero-order chi connectivity index (χ0) is 19.9. The first-order chi connectivity index (χ1) is 12.0. The molecule has 0 aromatic carbocycles. The fourth-order valence-electron chi connectivity index (χ4n) is 1.92. The van der Waals surface area contributed by atoms with Crippen molar-refractivity contribution in [3.8, 4) is 0 Å². The first-order valence-corrected chi connectivity index (χ1v) is 11.1. The predicted molar refractivity (Wildman–Crippen MR) is 92.0 cm³/mol. The Morgan fingerprint density at radius 3 is 2.48 bits per heavy atom. The van der Waals surface area contributed by atoms with Gasteiger partial charge in [0.15, 0.2) is 0 Å². The minimum absolute atomic E-state index is 0. The van der Waals surface area contributed by atoms with Crippen LogP contribution in [0.25, 0.3) is 0 Å². The van der Waals surface area contributed by atoms with Crippen LogP contribution in [0.3, 0.4) is 0 Å². The van der Waals surface area contributed by atoms with Gasteiger partial charge in [0.05, 0.1) is 6.61 Å². The second-order valence-corrected chi connectivity index (χ2v) is 8.60. The van der Waals surface area contributed by atoms with Crippen LogP contribution in [-0.2, 0) is 30.2 Å². The van der Waals surface area contributed by atoms with Crippen LogP contribution in [0.4, 0.5) is 0 Å². The molecule has 1 aliphatic rings. The monoisotopic (exact) mass is 473 g/mol. The van der Waals surface area contributed by atoms with Crippen molar-refractivity contribution in [2.24, 2.45) is 5.16 Å². The molecular weight excluding hydrogens is 453 g/mol. The van der Waals surface area contributed by atoms with Crippen molar-refractivity contribution < 1.29 is 98.0 Å². The quantitative estimate of drug-likeness (QED) is 0.0660. The molecule has 0 radical (unpaired) electrons. The Kier molecular flexibility index (Phi) is 13.9. The third-order valence-electron chi connectivity index (χ3n) is 3.14. The normalized spacial score (nSPS) is 30.7. The molecule has 1 fully saturated rings. The van der Waals surface area contributed by atoms with Gasteiger partial charge >= 0.3 is 51.4 Å². The minimum atomic E-state index is -5.10. The maximum atomic E-state index is 11.0. The van der Waals surface area contributed by atoms with E-state index in [0.717, 1.165) is 0 Å². The zero-order valence-electron chi connectivity index (χ0n) is 14.6. The topological polar surface area (TPSA) is 186 Å². The molecule has 1 aliphatic heterocycles. The van der Waals surface area contributed by atoms with Crippen molar-refractivity contribution in [1.82, 2.24) is 0 Å². The van der Waals surface area contributed by atoms with Crippen molar-refractivity contribution >= 4 is 38.0 Å². The molecule has 0 bridgehead atoms. The molecule has 0 aromatic rings. The molecule has 0 aliphatic carbocycles. The van der Waals surface area contributed by atoms with Gasteiger partial charge in [0.25, 0.3) is 10.4 Å². The molecule has 6 unspecified atom stereocenters. The van der Waals surface area contributed by atoms with E-state index in [9.17, 15) is 32.5 Å². The first kappa shape index (κ1) is 28.1. The second kappa shape index (κ2) is 13.4. The van der Waals surface area contributed by atoms with Gasteiger partial charge in [-0.2, -0.15) is 8.42 Å². The number of allylic oxidation sites excluding steroid dienone is 1. The summed E-state index contributed by atoms with van der Waals surface area (Å²) in [7, 11) is -6.29. The molecule has 6 atom stereocenters. The van der Waals surface area contributed by atoms with Crippen LogP contribution in [0.5, 0.6) is 0 Å². The van der Waals surface area contributed by atoms with Crippen LogP contribution in [0.2, 0.25) is 0 Å². The van der Waals surface area contributed by atoms with Crippen molar-refractivity contribution in [1.29, 1.82) is 0 Å². The van der Waals surface area contributed by atoms with Gasteiger partial charge in [-0.25, -0.2) is 0 Å². The molecule has 1 rings (SSSR count). The fraction of sp³-hybridized carbons (Fsp3) is 0.750. The Morgan fingerprint density at radius 2 is 1.96 bits per heavy atom. The Balaban J connectivity index is 0.00000676. The van der Waals surface area contributed by atoms with E-state index in [1.165, 1.54) is 17.7 Å². The maximum Gasteiger partial charge on any atom is 1.00 e. The van der Waals surface area contributed by atoms with Gasteiger partial charge in [-0.1, -0.05) is 23.0 Å². The second-order valence-electron chi connectivity index (χ2n) is 5.19. The molecule has 4 N–H and O–H groups in total. The fourth-order valence-corrected chi connectivity index (χ4v) is 3.64. The summed E-state index contributed by atoms with van der Waals surface area (Å²) in [4.78, 5) is 0. The average molecular weight is 474 g/mol. The summed E-state index contributed by atoms with van der Waals surface area (Å²) >= 11 is 0.656. The Bertz CT molecular complexity index is 641. The number of thioether (sulfide) groups is 1. The molecule has 11 nitrogen and oxygen atoms in total. The predicted octanol–water partition coefficient (Wildman–Crippen LogP) is -5.01. The molecule has 15 heteroatoms. The largest absolute Gasteiger partial charge is 1.00 e. The van der Waals surface area contributed by atoms with E-state index in [4.69, 9.17) is 9.84 Å². The summed E-state index contributed by atoms with van der Waals surface area (Å²) in [6, 6.07) is 0. The summed E-state index contributed by atoms with van der Waals surface area (Å²) in [5.41, 5.74) is -1.22. The summed E-state index contributed by atoms with van der Waals surface area (Å²) in [5, 5.41) is 43.1. The molecule has 0 amide bonds. The van der Waals surface area contributed by atoms with E-state index < -0.39 is 57.7 Å². The number of aliphatic hydroxyl groups excluding tert-OH is 4. The number of nitrogens with zero attached hydrogens (tertiary/aromatic N) is 1. The van der Waals surface area contributed by atoms with Gasteiger partial charge < -0.3 is 29.7 Å². The molecule has 1 heterocycles. The van der Waals surface area contributed by atoms with E-state index in [2.05, 4.69) is 9.44 Å².